The predicted molar refractivity (Wildman–Crippen MR) is 77.2 cm³/mol. The lowest BCUT2D eigenvalue weighted by molar-refractivity contribution is 0.610. The molecule has 1 nitrogen and oxygen atoms in total. The minimum Gasteiger partial charge on any atom is -0.326 e. The minimum absolute atomic E-state index is 0.265. The summed E-state index contributed by atoms with van der Waals surface area (Å²) < 4.78 is 0. The third kappa shape index (κ3) is 3.79. The minimum atomic E-state index is 0.265. The fourth-order valence-corrected chi connectivity index (χ4v) is 3.72. The number of hydrogen-bond acceptors (Lipinski definition) is 3. The SMILES string of the molecule is CCC(N)C(SC(C)C(C)C)c1ccsc1. The van der Waals surface area contributed by atoms with Gasteiger partial charge in [-0.3, -0.25) is 0 Å². The van der Waals surface area contributed by atoms with Crippen LogP contribution < -0.4 is 5.73 Å². The molecular weight excluding hydrogens is 234 g/mol. The Bertz CT molecular complexity index is 282. The van der Waals surface area contributed by atoms with E-state index in [1.807, 2.05) is 11.8 Å². The van der Waals surface area contributed by atoms with Crippen LogP contribution in [-0.2, 0) is 0 Å². The lowest BCUT2D eigenvalue weighted by atomic mass is 10.1. The zero-order valence-corrected chi connectivity index (χ0v) is 12.3. The van der Waals surface area contributed by atoms with Gasteiger partial charge in [0, 0.05) is 16.5 Å². The fourth-order valence-electron chi connectivity index (χ4n) is 1.47. The number of rotatable bonds is 6. The first-order valence-electron chi connectivity index (χ1n) is 5.99. The third-order valence-electron chi connectivity index (χ3n) is 3.03. The van der Waals surface area contributed by atoms with Crippen LogP contribution in [0.1, 0.15) is 44.9 Å². The fraction of sp³-hybridized carbons (Fsp3) is 0.692. The van der Waals surface area contributed by atoms with Crippen LogP contribution >= 0.6 is 23.1 Å². The highest BCUT2D eigenvalue weighted by Gasteiger charge is 2.23. The molecule has 3 atom stereocenters. The van der Waals surface area contributed by atoms with Gasteiger partial charge in [-0.25, -0.2) is 0 Å². The van der Waals surface area contributed by atoms with Crippen molar-refractivity contribution in [2.45, 2.75) is 50.7 Å². The molecule has 0 amide bonds. The summed E-state index contributed by atoms with van der Waals surface area (Å²) in [5, 5.41) is 5.49. The van der Waals surface area contributed by atoms with Gasteiger partial charge in [0.2, 0.25) is 0 Å². The molecule has 0 bridgehead atoms. The van der Waals surface area contributed by atoms with Gasteiger partial charge < -0.3 is 5.73 Å². The molecule has 1 heterocycles. The first-order valence-corrected chi connectivity index (χ1v) is 7.88. The van der Waals surface area contributed by atoms with Crippen LogP contribution in [0.2, 0.25) is 0 Å². The molecule has 0 spiro atoms. The van der Waals surface area contributed by atoms with Crippen molar-refractivity contribution >= 4 is 23.1 Å². The number of thiophene rings is 1. The summed E-state index contributed by atoms with van der Waals surface area (Å²) in [6.45, 7) is 9.03. The van der Waals surface area contributed by atoms with Crippen LogP contribution in [0.15, 0.2) is 16.8 Å². The lowest BCUT2D eigenvalue weighted by Gasteiger charge is -2.26. The van der Waals surface area contributed by atoms with Crippen molar-refractivity contribution in [3.8, 4) is 0 Å². The molecule has 3 heteroatoms. The van der Waals surface area contributed by atoms with Crippen molar-refractivity contribution in [2.75, 3.05) is 0 Å². The third-order valence-corrected chi connectivity index (χ3v) is 5.62. The van der Waals surface area contributed by atoms with Crippen molar-refractivity contribution in [2.24, 2.45) is 11.7 Å². The second-order valence-corrected chi connectivity index (χ2v) is 6.94. The Morgan fingerprint density at radius 3 is 2.50 bits per heavy atom. The average molecular weight is 257 g/mol. The van der Waals surface area contributed by atoms with E-state index in [-0.39, 0.29) is 6.04 Å². The summed E-state index contributed by atoms with van der Waals surface area (Å²) in [5.74, 6) is 0.704. The summed E-state index contributed by atoms with van der Waals surface area (Å²) in [6, 6.07) is 2.48. The van der Waals surface area contributed by atoms with Crippen LogP contribution in [0, 0.1) is 5.92 Å². The number of hydrogen-bond donors (Lipinski definition) is 1. The molecule has 0 aromatic carbocycles. The molecule has 0 fully saturated rings. The molecule has 0 aliphatic carbocycles. The molecule has 1 aromatic heterocycles. The molecule has 0 aliphatic heterocycles. The summed E-state index contributed by atoms with van der Waals surface area (Å²) in [7, 11) is 0. The van der Waals surface area contributed by atoms with Gasteiger partial charge in [-0.1, -0.05) is 27.7 Å². The Labute approximate surface area is 108 Å². The van der Waals surface area contributed by atoms with Gasteiger partial charge >= 0.3 is 0 Å². The van der Waals surface area contributed by atoms with E-state index in [9.17, 15) is 0 Å². The number of thioether (sulfide) groups is 1. The van der Waals surface area contributed by atoms with Crippen molar-refractivity contribution in [1.82, 2.24) is 0 Å². The lowest BCUT2D eigenvalue weighted by Crippen LogP contribution is -2.27. The summed E-state index contributed by atoms with van der Waals surface area (Å²) in [5.41, 5.74) is 7.64. The summed E-state index contributed by atoms with van der Waals surface area (Å²) in [4.78, 5) is 0. The molecule has 0 radical (unpaired) electrons. The van der Waals surface area contributed by atoms with Crippen LogP contribution in [-0.4, -0.2) is 11.3 Å². The van der Waals surface area contributed by atoms with Crippen LogP contribution in [0.5, 0.6) is 0 Å². The Morgan fingerprint density at radius 1 is 1.38 bits per heavy atom. The molecule has 1 aromatic rings. The smallest absolute Gasteiger partial charge is 0.0459 e. The highest BCUT2D eigenvalue weighted by molar-refractivity contribution is 8.00. The van der Waals surface area contributed by atoms with Crippen molar-refractivity contribution < 1.29 is 0 Å². The van der Waals surface area contributed by atoms with Gasteiger partial charge in [0.15, 0.2) is 0 Å². The average Bonchev–Trinajstić information content (AvgIpc) is 2.77. The van der Waals surface area contributed by atoms with Gasteiger partial charge in [0.25, 0.3) is 0 Å². The van der Waals surface area contributed by atoms with E-state index in [1.165, 1.54) is 5.56 Å². The second kappa shape index (κ2) is 6.67. The van der Waals surface area contributed by atoms with Crippen molar-refractivity contribution in [3.05, 3.63) is 22.4 Å². The maximum absolute atomic E-state index is 6.24. The van der Waals surface area contributed by atoms with E-state index in [1.54, 1.807) is 11.3 Å². The van der Waals surface area contributed by atoms with E-state index in [0.29, 0.717) is 16.4 Å². The van der Waals surface area contributed by atoms with Gasteiger partial charge in [-0.15, -0.1) is 11.8 Å². The monoisotopic (exact) mass is 257 g/mol. The van der Waals surface area contributed by atoms with Crippen molar-refractivity contribution in [1.29, 1.82) is 0 Å². The van der Waals surface area contributed by atoms with E-state index in [2.05, 4.69) is 44.5 Å². The first-order chi connectivity index (χ1) is 7.56. The van der Waals surface area contributed by atoms with E-state index in [0.717, 1.165) is 6.42 Å². The van der Waals surface area contributed by atoms with Gasteiger partial charge in [-0.2, -0.15) is 11.3 Å². The van der Waals surface area contributed by atoms with Crippen LogP contribution in [0.4, 0.5) is 0 Å². The summed E-state index contributed by atoms with van der Waals surface area (Å²) >= 11 is 3.79. The standard InChI is InChI=1S/C13H23NS2/c1-5-12(14)13(11-6-7-15-8-11)16-10(4)9(2)3/h6-10,12-13H,5,14H2,1-4H3. The normalized spacial score (nSPS) is 17.4. The molecule has 0 saturated heterocycles. The molecule has 92 valence electrons. The Hall–Kier alpha value is 0.01000. The van der Waals surface area contributed by atoms with Gasteiger partial charge in [0.1, 0.15) is 0 Å². The maximum Gasteiger partial charge on any atom is 0.0459 e. The van der Waals surface area contributed by atoms with Crippen molar-refractivity contribution in [3.63, 3.8) is 0 Å². The quantitative estimate of drug-likeness (QED) is 0.822. The number of nitrogens with two attached hydrogens (primary N) is 1. The topological polar surface area (TPSA) is 26.0 Å². The van der Waals surface area contributed by atoms with Crippen LogP contribution in [0.3, 0.4) is 0 Å². The molecule has 2 N–H and O–H groups in total. The highest BCUT2D eigenvalue weighted by Crippen LogP contribution is 2.38. The highest BCUT2D eigenvalue weighted by atomic mass is 32.2. The molecule has 3 unspecified atom stereocenters. The van der Waals surface area contributed by atoms with E-state index in [4.69, 9.17) is 5.73 Å². The maximum atomic E-state index is 6.24. The van der Waals surface area contributed by atoms with Crippen LogP contribution in [0.25, 0.3) is 0 Å². The van der Waals surface area contributed by atoms with Gasteiger partial charge in [0.05, 0.1) is 0 Å². The molecule has 0 saturated carbocycles. The Morgan fingerprint density at radius 2 is 2.06 bits per heavy atom. The summed E-state index contributed by atoms with van der Waals surface area (Å²) in [6.07, 6.45) is 1.04. The predicted octanol–water partition coefficient (Wildman–Crippen LogP) is 4.30. The Balaban J connectivity index is 2.73. The zero-order valence-electron chi connectivity index (χ0n) is 10.6. The molecule has 0 aliphatic rings. The van der Waals surface area contributed by atoms with E-state index >= 15 is 0 Å². The molecule has 16 heavy (non-hydrogen) atoms. The van der Waals surface area contributed by atoms with Gasteiger partial charge in [-0.05, 0) is 34.7 Å². The largest absolute Gasteiger partial charge is 0.326 e. The molecule has 1 rings (SSSR count). The zero-order chi connectivity index (χ0) is 12.1. The molecular formula is C13H23NS2. The first kappa shape index (κ1) is 14.1. The van der Waals surface area contributed by atoms with E-state index < -0.39 is 0 Å². The second-order valence-electron chi connectivity index (χ2n) is 4.63. The Kier molecular flexibility index (Phi) is 5.87.